The van der Waals surface area contributed by atoms with Crippen LogP contribution in [0.25, 0.3) is 0 Å². The second-order valence-electron chi connectivity index (χ2n) is 9.16. The average molecular weight is 506 g/mol. The summed E-state index contributed by atoms with van der Waals surface area (Å²) in [5.74, 6) is -0.622. The second-order valence-corrected chi connectivity index (χ2v) is 9.16. The lowest BCUT2D eigenvalue weighted by molar-refractivity contribution is -0.121. The van der Waals surface area contributed by atoms with Crippen LogP contribution in [0.2, 0.25) is 0 Å². The van der Waals surface area contributed by atoms with Crippen molar-refractivity contribution in [1.29, 1.82) is 0 Å². The van der Waals surface area contributed by atoms with Crippen molar-refractivity contribution in [3.05, 3.63) is 131 Å². The number of rotatable bonds is 7. The zero-order valence-corrected chi connectivity index (χ0v) is 20.8. The molecule has 0 unspecified atom stereocenters. The van der Waals surface area contributed by atoms with E-state index in [0.29, 0.717) is 22.5 Å². The van der Waals surface area contributed by atoms with Crippen molar-refractivity contribution in [3.8, 4) is 0 Å². The summed E-state index contributed by atoms with van der Waals surface area (Å²) < 4.78 is 5.79. The molecule has 1 saturated heterocycles. The number of nitrogens with zero attached hydrogens (tertiary/aromatic N) is 1. The van der Waals surface area contributed by atoms with Gasteiger partial charge in [-0.05, 0) is 54.4 Å². The highest BCUT2D eigenvalue weighted by Crippen LogP contribution is 2.35. The van der Waals surface area contributed by atoms with Gasteiger partial charge in [-0.3, -0.25) is 14.5 Å². The van der Waals surface area contributed by atoms with Gasteiger partial charge in [0.15, 0.2) is 12.1 Å². The normalized spacial score (nSPS) is 16.6. The quantitative estimate of drug-likeness (QED) is 0.325. The molecule has 1 fully saturated rings. The largest absolute Gasteiger partial charge is 0.438 e. The number of hydrogen-bond acceptors (Lipinski definition) is 4. The van der Waals surface area contributed by atoms with Crippen molar-refractivity contribution in [2.45, 2.75) is 25.6 Å². The smallest absolute Gasteiger partial charge is 0.411 e. The van der Waals surface area contributed by atoms with Gasteiger partial charge in [0.25, 0.3) is 11.8 Å². The van der Waals surface area contributed by atoms with Crippen LogP contribution in [0.1, 0.15) is 33.2 Å². The van der Waals surface area contributed by atoms with Crippen molar-refractivity contribution in [3.63, 3.8) is 0 Å². The number of hydrogen-bond donors (Lipinski definition) is 2. The molecule has 190 valence electrons. The number of anilines is 2. The fourth-order valence-corrected chi connectivity index (χ4v) is 4.42. The third-order valence-electron chi connectivity index (χ3n) is 6.38. The Kier molecular flexibility index (Phi) is 7.17. The maximum atomic E-state index is 13.6. The molecule has 7 nitrogen and oxygen atoms in total. The van der Waals surface area contributed by atoms with Crippen LogP contribution < -0.4 is 10.6 Å². The van der Waals surface area contributed by atoms with Gasteiger partial charge in [-0.1, -0.05) is 78.4 Å². The lowest BCUT2D eigenvalue weighted by atomic mass is 9.99. The summed E-state index contributed by atoms with van der Waals surface area (Å²) in [6.45, 7) is 2.20. The Bertz CT molecular complexity index is 1440. The summed E-state index contributed by atoms with van der Waals surface area (Å²) in [5, 5.41) is 5.79. The van der Waals surface area contributed by atoms with Crippen molar-refractivity contribution < 1.29 is 19.1 Å². The Balaban J connectivity index is 1.44. The van der Waals surface area contributed by atoms with Gasteiger partial charge in [0.1, 0.15) is 0 Å². The van der Waals surface area contributed by atoms with E-state index in [9.17, 15) is 14.4 Å². The van der Waals surface area contributed by atoms with Crippen LogP contribution in [-0.2, 0) is 16.1 Å². The molecule has 7 heteroatoms. The number of carbonyl (C=O) groups is 3. The van der Waals surface area contributed by atoms with E-state index >= 15 is 0 Å². The highest BCUT2D eigenvalue weighted by Gasteiger charge is 2.47. The molecule has 5 rings (SSSR count). The van der Waals surface area contributed by atoms with Gasteiger partial charge in [-0.15, -0.1) is 0 Å². The van der Waals surface area contributed by atoms with E-state index in [4.69, 9.17) is 4.74 Å². The first-order valence-electron chi connectivity index (χ1n) is 12.3. The third-order valence-corrected chi connectivity index (χ3v) is 6.38. The molecule has 0 saturated carbocycles. The summed E-state index contributed by atoms with van der Waals surface area (Å²) in [6.07, 6.45) is -1.45. The summed E-state index contributed by atoms with van der Waals surface area (Å²) in [6, 6.07) is 31.9. The Morgan fingerprint density at radius 1 is 0.789 bits per heavy atom. The van der Waals surface area contributed by atoms with E-state index in [-0.39, 0.29) is 18.4 Å². The Morgan fingerprint density at radius 2 is 1.45 bits per heavy atom. The molecule has 3 amide bonds. The molecular weight excluding hydrogens is 478 g/mol. The highest BCUT2D eigenvalue weighted by molar-refractivity contribution is 6.04. The standard InChI is InChI=1S/C31H27N3O4/c1-21-15-17-22(18-16-21)20-34-27(30(36)32-25-12-6-3-7-13-25)28(38-31(34)37)24-11-8-14-26(19-24)33-29(35)23-9-4-2-5-10-23/h2-19,27-28H,20H2,1H3,(H,32,36)(H,33,35)/t27-,28-/m1/s1. The van der Waals surface area contributed by atoms with Gasteiger partial charge in [0.2, 0.25) is 0 Å². The van der Waals surface area contributed by atoms with Crippen LogP contribution in [0.4, 0.5) is 16.2 Å². The van der Waals surface area contributed by atoms with Crippen LogP contribution >= 0.6 is 0 Å². The van der Waals surface area contributed by atoms with Gasteiger partial charge in [-0.2, -0.15) is 0 Å². The molecule has 1 aliphatic heterocycles. The van der Waals surface area contributed by atoms with E-state index in [0.717, 1.165) is 11.1 Å². The Labute approximate surface area is 221 Å². The summed E-state index contributed by atoms with van der Waals surface area (Å²) in [7, 11) is 0. The molecule has 1 aliphatic rings. The molecule has 2 N–H and O–H groups in total. The Morgan fingerprint density at radius 3 is 2.16 bits per heavy atom. The van der Waals surface area contributed by atoms with E-state index in [1.54, 1.807) is 60.7 Å². The first-order valence-corrected chi connectivity index (χ1v) is 12.3. The molecule has 0 bridgehead atoms. The van der Waals surface area contributed by atoms with Gasteiger partial charge in [0, 0.05) is 16.9 Å². The molecule has 2 atom stereocenters. The predicted octanol–water partition coefficient (Wildman–Crippen LogP) is 5.95. The molecule has 0 aromatic heterocycles. The van der Waals surface area contributed by atoms with Gasteiger partial charge in [-0.25, -0.2) is 4.79 Å². The molecule has 0 aliphatic carbocycles. The minimum absolute atomic E-state index is 0.215. The zero-order chi connectivity index (χ0) is 26.5. The second kappa shape index (κ2) is 11.0. The van der Waals surface area contributed by atoms with E-state index in [1.165, 1.54) is 4.90 Å². The summed E-state index contributed by atoms with van der Waals surface area (Å²) in [4.78, 5) is 40.8. The molecule has 4 aromatic carbocycles. The first-order chi connectivity index (χ1) is 18.5. The fourth-order valence-electron chi connectivity index (χ4n) is 4.42. The van der Waals surface area contributed by atoms with Crippen molar-refractivity contribution >= 4 is 29.3 Å². The topological polar surface area (TPSA) is 87.7 Å². The minimum Gasteiger partial charge on any atom is -0.438 e. The molecular formula is C31H27N3O4. The number of cyclic esters (lactones) is 1. The van der Waals surface area contributed by atoms with Crippen molar-refractivity contribution in [2.24, 2.45) is 0 Å². The maximum absolute atomic E-state index is 13.6. The maximum Gasteiger partial charge on any atom is 0.411 e. The molecule has 0 radical (unpaired) electrons. The number of nitrogens with one attached hydrogen (secondary N) is 2. The van der Waals surface area contributed by atoms with Gasteiger partial charge in [0.05, 0.1) is 6.54 Å². The number of amides is 3. The SMILES string of the molecule is Cc1ccc(CN2C(=O)O[C@H](c3cccc(NC(=O)c4ccccc4)c3)[C@@H]2C(=O)Nc2ccccc2)cc1. The van der Waals surface area contributed by atoms with Gasteiger partial charge >= 0.3 is 6.09 Å². The summed E-state index contributed by atoms with van der Waals surface area (Å²) in [5.41, 5.74) is 4.26. The van der Waals surface area contributed by atoms with E-state index < -0.39 is 18.2 Å². The molecule has 1 heterocycles. The number of benzene rings is 4. The van der Waals surface area contributed by atoms with E-state index in [2.05, 4.69) is 10.6 Å². The highest BCUT2D eigenvalue weighted by atomic mass is 16.6. The van der Waals surface area contributed by atoms with Crippen LogP contribution in [0.3, 0.4) is 0 Å². The minimum atomic E-state index is -0.927. The summed E-state index contributed by atoms with van der Waals surface area (Å²) >= 11 is 0. The number of carbonyl (C=O) groups excluding carboxylic acids is 3. The fraction of sp³-hybridized carbons (Fsp3) is 0.129. The lowest BCUT2D eigenvalue weighted by Crippen LogP contribution is -2.43. The Hall–Kier alpha value is -4.91. The molecule has 4 aromatic rings. The third kappa shape index (κ3) is 5.57. The van der Waals surface area contributed by atoms with Crippen LogP contribution in [-0.4, -0.2) is 28.8 Å². The van der Waals surface area contributed by atoms with Crippen molar-refractivity contribution in [2.75, 3.05) is 10.6 Å². The number of ether oxygens (including phenoxy) is 1. The van der Waals surface area contributed by atoms with Crippen LogP contribution in [0, 0.1) is 6.92 Å². The average Bonchev–Trinajstić information content (AvgIpc) is 3.27. The number of para-hydroxylation sites is 1. The monoisotopic (exact) mass is 505 g/mol. The zero-order valence-electron chi connectivity index (χ0n) is 20.8. The first kappa shape index (κ1) is 24.8. The van der Waals surface area contributed by atoms with Crippen molar-refractivity contribution in [1.82, 2.24) is 4.90 Å². The lowest BCUT2D eigenvalue weighted by Gasteiger charge is -2.24. The molecule has 0 spiro atoms. The van der Waals surface area contributed by atoms with Crippen LogP contribution in [0.5, 0.6) is 0 Å². The van der Waals surface area contributed by atoms with E-state index in [1.807, 2.05) is 55.5 Å². The predicted molar refractivity (Wildman–Crippen MR) is 146 cm³/mol. The van der Waals surface area contributed by atoms with Crippen LogP contribution in [0.15, 0.2) is 109 Å². The van der Waals surface area contributed by atoms with Gasteiger partial charge < -0.3 is 15.4 Å². The number of aryl methyl sites for hydroxylation is 1. The molecule has 38 heavy (non-hydrogen) atoms.